The van der Waals surface area contributed by atoms with Crippen LogP contribution in [0.15, 0.2) is 30.5 Å². The Morgan fingerprint density at radius 2 is 2.16 bits per heavy atom. The zero-order valence-corrected chi connectivity index (χ0v) is 10.6. The van der Waals surface area contributed by atoms with E-state index in [0.717, 1.165) is 5.56 Å². The maximum Gasteiger partial charge on any atom is 0.220 e. The van der Waals surface area contributed by atoms with Crippen LogP contribution in [0.3, 0.4) is 0 Å². The number of ketones is 1. The van der Waals surface area contributed by atoms with Gasteiger partial charge in [-0.2, -0.15) is 0 Å². The second-order valence-electron chi connectivity index (χ2n) is 4.10. The average molecular weight is 260 g/mol. The van der Waals surface area contributed by atoms with Crippen molar-refractivity contribution in [3.63, 3.8) is 0 Å². The van der Waals surface area contributed by atoms with E-state index < -0.39 is 11.6 Å². The largest absolute Gasteiger partial charge is 0.496 e. The lowest BCUT2D eigenvalue weighted by atomic mass is 10.0. The number of aromatic nitrogens is 1. The molecule has 0 saturated carbocycles. The summed E-state index contributed by atoms with van der Waals surface area (Å²) < 4.78 is 18.8. The van der Waals surface area contributed by atoms with Gasteiger partial charge in [-0.3, -0.25) is 9.78 Å². The van der Waals surface area contributed by atoms with Gasteiger partial charge in [-0.25, -0.2) is 4.39 Å². The van der Waals surface area contributed by atoms with Crippen molar-refractivity contribution in [2.75, 3.05) is 12.8 Å². The van der Waals surface area contributed by atoms with Crippen molar-refractivity contribution in [2.24, 2.45) is 0 Å². The van der Waals surface area contributed by atoms with E-state index in [1.54, 1.807) is 13.0 Å². The Morgan fingerprint density at radius 1 is 1.42 bits per heavy atom. The Hall–Kier alpha value is -2.43. The third-order valence-corrected chi connectivity index (χ3v) is 2.69. The van der Waals surface area contributed by atoms with E-state index >= 15 is 0 Å². The number of anilines is 1. The Morgan fingerprint density at radius 3 is 2.79 bits per heavy atom. The fraction of sp³-hybridized carbons (Fsp3) is 0.143. The predicted molar refractivity (Wildman–Crippen MR) is 69.8 cm³/mol. The fourth-order valence-electron chi connectivity index (χ4n) is 1.79. The second kappa shape index (κ2) is 5.06. The molecule has 5 heteroatoms. The molecule has 2 N–H and O–H groups in total. The van der Waals surface area contributed by atoms with Gasteiger partial charge in [0.15, 0.2) is 0 Å². The summed E-state index contributed by atoms with van der Waals surface area (Å²) in [6.45, 7) is 1.81. The lowest BCUT2D eigenvalue weighted by Crippen LogP contribution is -2.11. The average Bonchev–Trinajstić information content (AvgIpc) is 2.37. The molecule has 0 aliphatic carbocycles. The van der Waals surface area contributed by atoms with Gasteiger partial charge < -0.3 is 10.5 Å². The van der Waals surface area contributed by atoms with Crippen LogP contribution in [0.5, 0.6) is 5.75 Å². The Kier molecular flexibility index (Phi) is 3.46. The summed E-state index contributed by atoms with van der Waals surface area (Å²) in [5.41, 5.74) is 6.66. The van der Waals surface area contributed by atoms with Gasteiger partial charge in [0.2, 0.25) is 5.78 Å². The molecule has 0 saturated heterocycles. The molecule has 0 aliphatic rings. The van der Waals surface area contributed by atoms with E-state index in [1.807, 2.05) is 0 Å². The van der Waals surface area contributed by atoms with E-state index in [0.29, 0.717) is 0 Å². The molecule has 19 heavy (non-hydrogen) atoms. The van der Waals surface area contributed by atoms with Crippen molar-refractivity contribution < 1.29 is 13.9 Å². The molecule has 1 heterocycles. The zero-order valence-electron chi connectivity index (χ0n) is 10.6. The first-order valence-electron chi connectivity index (χ1n) is 5.64. The lowest BCUT2D eigenvalue weighted by Gasteiger charge is -2.09. The van der Waals surface area contributed by atoms with E-state index in [2.05, 4.69) is 4.98 Å². The highest BCUT2D eigenvalue weighted by atomic mass is 19.1. The number of aryl methyl sites for hydroxylation is 1. The Labute approximate surface area is 110 Å². The third kappa shape index (κ3) is 2.40. The Balaban J connectivity index is 2.56. The number of nitrogens with two attached hydrogens (primary N) is 1. The molecule has 0 radical (unpaired) electrons. The highest BCUT2D eigenvalue weighted by Gasteiger charge is 2.22. The molecular formula is C14H13FN2O2. The van der Waals surface area contributed by atoms with E-state index in [4.69, 9.17) is 10.5 Å². The molecule has 98 valence electrons. The van der Waals surface area contributed by atoms with Gasteiger partial charge in [-0.15, -0.1) is 0 Å². The summed E-state index contributed by atoms with van der Waals surface area (Å²) in [5.74, 6) is -1.09. The lowest BCUT2D eigenvalue weighted by molar-refractivity contribution is 0.102. The highest BCUT2D eigenvalue weighted by Crippen LogP contribution is 2.25. The van der Waals surface area contributed by atoms with Crippen molar-refractivity contribution in [2.45, 2.75) is 6.92 Å². The van der Waals surface area contributed by atoms with Crippen LogP contribution in [-0.4, -0.2) is 17.9 Å². The van der Waals surface area contributed by atoms with E-state index in [9.17, 15) is 9.18 Å². The van der Waals surface area contributed by atoms with Crippen LogP contribution < -0.4 is 10.5 Å². The summed E-state index contributed by atoms with van der Waals surface area (Å²) in [6, 6.07) is 5.80. The molecule has 1 aromatic carbocycles. The summed E-state index contributed by atoms with van der Waals surface area (Å²) in [7, 11) is 1.37. The molecule has 0 atom stereocenters. The third-order valence-electron chi connectivity index (χ3n) is 2.69. The van der Waals surface area contributed by atoms with Crippen LogP contribution in [-0.2, 0) is 0 Å². The van der Waals surface area contributed by atoms with Gasteiger partial charge >= 0.3 is 0 Å². The highest BCUT2D eigenvalue weighted by molar-refractivity contribution is 6.12. The quantitative estimate of drug-likeness (QED) is 0.860. The van der Waals surface area contributed by atoms with Crippen molar-refractivity contribution in [3.8, 4) is 5.75 Å². The summed E-state index contributed by atoms with van der Waals surface area (Å²) >= 11 is 0. The molecule has 0 aliphatic heterocycles. The number of carbonyl (C=O) groups excluding carboxylic acids is 1. The summed E-state index contributed by atoms with van der Waals surface area (Å²) in [6.07, 6.45) is 1.51. The second-order valence-corrected chi connectivity index (χ2v) is 4.10. The van der Waals surface area contributed by atoms with Crippen molar-refractivity contribution >= 4 is 11.5 Å². The first kappa shape index (κ1) is 13.0. The molecular weight excluding hydrogens is 247 g/mol. The monoisotopic (exact) mass is 260 g/mol. The number of halogens is 1. The van der Waals surface area contributed by atoms with Crippen LogP contribution >= 0.6 is 0 Å². The van der Waals surface area contributed by atoms with Crippen molar-refractivity contribution in [1.82, 2.24) is 4.98 Å². The number of rotatable bonds is 3. The first-order valence-corrected chi connectivity index (χ1v) is 5.64. The molecule has 4 nitrogen and oxygen atoms in total. The number of ether oxygens (including phenoxy) is 1. The van der Waals surface area contributed by atoms with Crippen LogP contribution in [0.25, 0.3) is 0 Å². The molecule has 2 aromatic rings. The van der Waals surface area contributed by atoms with Crippen LogP contribution in [0.4, 0.5) is 10.1 Å². The fourth-order valence-corrected chi connectivity index (χ4v) is 1.79. The van der Waals surface area contributed by atoms with Crippen molar-refractivity contribution in [3.05, 3.63) is 53.1 Å². The van der Waals surface area contributed by atoms with Gasteiger partial charge in [0, 0.05) is 6.20 Å². The molecule has 0 fully saturated rings. The number of benzene rings is 1. The van der Waals surface area contributed by atoms with Gasteiger partial charge in [0.25, 0.3) is 0 Å². The van der Waals surface area contributed by atoms with Crippen LogP contribution in [0, 0.1) is 12.7 Å². The number of methoxy groups -OCH3 is 1. The minimum atomic E-state index is -0.661. The molecule has 2 rings (SSSR count). The number of pyridine rings is 1. The minimum Gasteiger partial charge on any atom is -0.496 e. The zero-order chi connectivity index (χ0) is 14.0. The van der Waals surface area contributed by atoms with Crippen molar-refractivity contribution in [1.29, 1.82) is 0 Å². The molecule has 0 amide bonds. The van der Waals surface area contributed by atoms with Gasteiger partial charge in [0.1, 0.15) is 22.8 Å². The first-order chi connectivity index (χ1) is 9.04. The number of nitrogens with zero attached hydrogens (tertiary/aromatic N) is 1. The number of hydrogen-bond acceptors (Lipinski definition) is 4. The van der Waals surface area contributed by atoms with Gasteiger partial charge in [-0.1, -0.05) is 6.07 Å². The number of hydrogen-bond donors (Lipinski definition) is 1. The number of carbonyl (C=O) groups is 1. The standard InChI is InChI=1S/C14H13FN2O2/c1-8-6-10(16)13(17-7-8)14(18)12-9(15)4-3-5-11(12)19-2/h3-7H,16H2,1-2H3. The molecule has 0 spiro atoms. The topological polar surface area (TPSA) is 65.2 Å². The molecule has 0 bridgehead atoms. The maximum atomic E-state index is 13.8. The van der Waals surface area contributed by atoms with Gasteiger partial charge in [-0.05, 0) is 30.7 Å². The predicted octanol–water partition coefficient (Wildman–Crippen LogP) is 2.35. The van der Waals surface area contributed by atoms with E-state index in [-0.39, 0.29) is 22.7 Å². The van der Waals surface area contributed by atoms with E-state index in [1.165, 1.54) is 31.5 Å². The van der Waals surface area contributed by atoms with Crippen LogP contribution in [0.1, 0.15) is 21.6 Å². The molecule has 1 aromatic heterocycles. The minimum absolute atomic E-state index is 0.0222. The maximum absolute atomic E-state index is 13.8. The summed E-state index contributed by atoms with van der Waals surface area (Å²) in [5, 5.41) is 0. The Bertz CT molecular complexity index is 641. The normalized spacial score (nSPS) is 10.3. The molecule has 0 unspecified atom stereocenters. The SMILES string of the molecule is COc1cccc(F)c1C(=O)c1ncc(C)cc1N. The number of nitrogen functional groups attached to an aromatic ring is 1. The van der Waals surface area contributed by atoms with Crippen LogP contribution in [0.2, 0.25) is 0 Å². The van der Waals surface area contributed by atoms with Gasteiger partial charge in [0.05, 0.1) is 12.8 Å². The smallest absolute Gasteiger partial charge is 0.220 e. The summed E-state index contributed by atoms with van der Waals surface area (Å²) in [4.78, 5) is 16.3.